The molecular weight excluding hydrogens is 236 g/mol. The quantitative estimate of drug-likeness (QED) is 0.580. The van der Waals surface area contributed by atoms with Gasteiger partial charge in [0.25, 0.3) is 0 Å². The maximum Gasteiger partial charge on any atom is 0.0133 e. The average Bonchev–Trinajstić information content (AvgIpc) is 2.24. The van der Waals surface area contributed by atoms with Crippen LogP contribution in [0.4, 0.5) is 0 Å². The second kappa shape index (κ2) is 7.23. The Morgan fingerprint density at radius 3 is 1.61 bits per heavy atom. The van der Waals surface area contributed by atoms with Crippen LogP contribution in [-0.4, -0.2) is 5.25 Å². The van der Waals surface area contributed by atoms with Gasteiger partial charge in [-0.25, -0.2) is 0 Å². The SMILES string of the molecule is CC.Cc1cc(C(C)(C)C)cc(C)c1SC(C)C. The van der Waals surface area contributed by atoms with E-state index in [1.165, 1.54) is 21.6 Å². The van der Waals surface area contributed by atoms with Crippen LogP contribution in [0.25, 0.3) is 0 Å². The van der Waals surface area contributed by atoms with Crippen LogP contribution in [0, 0.1) is 13.8 Å². The predicted octanol–water partition coefficient (Wildman–Crippen LogP) is 6.13. The second-order valence-corrected chi connectivity index (χ2v) is 7.44. The highest BCUT2D eigenvalue weighted by Crippen LogP contribution is 2.33. The first-order chi connectivity index (χ1) is 8.21. The molecule has 1 heteroatoms. The minimum Gasteiger partial charge on any atom is -0.123 e. The average molecular weight is 266 g/mol. The molecule has 0 saturated carbocycles. The molecule has 0 nitrogen and oxygen atoms in total. The fraction of sp³-hybridized carbons (Fsp3) is 0.647. The third-order valence-electron chi connectivity index (χ3n) is 2.68. The molecule has 0 aromatic heterocycles. The van der Waals surface area contributed by atoms with Crippen LogP contribution in [0.5, 0.6) is 0 Å². The highest BCUT2D eigenvalue weighted by Gasteiger charge is 2.16. The van der Waals surface area contributed by atoms with E-state index in [1.807, 2.05) is 25.6 Å². The number of rotatable bonds is 2. The van der Waals surface area contributed by atoms with Crippen LogP contribution in [0.1, 0.15) is 65.2 Å². The molecule has 1 aromatic rings. The minimum atomic E-state index is 0.247. The van der Waals surface area contributed by atoms with Crippen LogP contribution in [-0.2, 0) is 5.41 Å². The van der Waals surface area contributed by atoms with E-state index < -0.39 is 0 Å². The molecule has 0 aliphatic rings. The second-order valence-electron chi connectivity index (χ2n) is 5.86. The molecule has 0 bridgehead atoms. The molecule has 0 amide bonds. The molecular formula is C17H30S. The summed E-state index contributed by atoms with van der Waals surface area (Å²) in [5.74, 6) is 0. The molecule has 18 heavy (non-hydrogen) atoms. The number of benzene rings is 1. The molecule has 0 atom stereocenters. The van der Waals surface area contributed by atoms with E-state index in [4.69, 9.17) is 0 Å². The lowest BCUT2D eigenvalue weighted by atomic mass is 9.85. The largest absolute Gasteiger partial charge is 0.123 e. The Kier molecular flexibility index (Phi) is 7.06. The molecule has 0 heterocycles. The van der Waals surface area contributed by atoms with Gasteiger partial charge in [0.1, 0.15) is 0 Å². The van der Waals surface area contributed by atoms with Crippen molar-refractivity contribution in [2.75, 3.05) is 0 Å². The zero-order valence-electron chi connectivity index (χ0n) is 13.6. The van der Waals surface area contributed by atoms with Crippen LogP contribution >= 0.6 is 11.8 Å². The van der Waals surface area contributed by atoms with E-state index in [2.05, 4.69) is 60.6 Å². The van der Waals surface area contributed by atoms with Crippen LogP contribution in [0.2, 0.25) is 0 Å². The van der Waals surface area contributed by atoms with E-state index in [1.54, 1.807) is 0 Å². The van der Waals surface area contributed by atoms with Gasteiger partial charge in [-0.05, 0) is 36.0 Å². The van der Waals surface area contributed by atoms with Crippen molar-refractivity contribution in [1.82, 2.24) is 0 Å². The molecule has 0 spiro atoms. The molecule has 0 unspecified atom stereocenters. The molecule has 0 saturated heterocycles. The summed E-state index contributed by atoms with van der Waals surface area (Å²) in [6, 6.07) is 4.69. The van der Waals surface area contributed by atoms with Crippen LogP contribution in [0.3, 0.4) is 0 Å². The van der Waals surface area contributed by atoms with Gasteiger partial charge in [-0.15, -0.1) is 11.8 Å². The van der Waals surface area contributed by atoms with Gasteiger partial charge in [-0.3, -0.25) is 0 Å². The van der Waals surface area contributed by atoms with Gasteiger partial charge in [0.15, 0.2) is 0 Å². The zero-order chi connectivity index (χ0) is 14.5. The van der Waals surface area contributed by atoms with Gasteiger partial charge < -0.3 is 0 Å². The van der Waals surface area contributed by atoms with Crippen molar-refractivity contribution in [2.45, 2.75) is 77.9 Å². The summed E-state index contributed by atoms with van der Waals surface area (Å²) in [4.78, 5) is 1.46. The van der Waals surface area contributed by atoms with Crippen molar-refractivity contribution in [2.24, 2.45) is 0 Å². The predicted molar refractivity (Wildman–Crippen MR) is 87.0 cm³/mol. The summed E-state index contributed by atoms with van der Waals surface area (Å²) < 4.78 is 0. The minimum absolute atomic E-state index is 0.247. The molecule has 0 aliphatic heterocycles. The molecule has 0 aliphatic carbocycles. The summed E-state index contributed by atoms with van der Waals surface area (Å²) in [5.41, 5.74) is 4.53. The number of thioether (sulfide) groups is 1. The van der Waals surface area contributed by atoms with Crippen molar-refractivity contribution < 1.29 is 0 Å². The molecule has 0 N–H and O–H groups in total. The topological polar surface area (TPSA) is 0 Å². The third-order valence-corrected chi connectivity index (χ3v) is 4.03. The highest BCUT2D eigenvalue weighted by molar-refractivity contribution is 8.00. The lowest BCUT2D eigenvalue weighted by molar-refractivity contribution is 0.588. The van der Waals surface area contributed by atoms with Gasteiger partial charge in [0, 0.05) is 10.1 Å². The Balaban J connectivity index is 0.00000137. The molecule has 1 rings (SSSR count). The van der Waals surface area contributed by atoms with Crippen LogP contribution in [0.15, 0.2) is 17.0 Å². The normalized spacial score (nSPS) is 11.2. The van der Waals surface area contributed by atoms with Crippen LogP contribution < -0.4 is 0 Å². The Morgan fingerprint density at radius 1 is 0.944 bits per heavy atom. The number of aryl methyl sites for hydroxylation is 2. The maximum absolute atomic E-state index is 2.34. The Labute approximate surface area is 119 Å². The van der Waals surface area contributed by atoms with Gasteiger partial charge in [-0.1, -0.05) is 60.6 Å². The van der Waals surface area contributed by atoms with Gasteiger partial charge >= 0.3 is 0 Å². The number of hydrogen-bond acceptors (Lipinski definition) is 1. The van der Waals surface area contributed by atoms with Crippen molar-refractivity contribution >= 4 is 11.8 Å². The van der Waals surface area contributed by atoms with Gasteiger partial charge in [0.2, 0.25) is 0 Å². The smallest absolute Gasteiger partial charge is 0.0133 e. The van der Waals surface area contributed by atoms with Gasteiger partial charge in [0.05, 0.1) is 0 Å². The first kappa shape index (κ1) is 17.6. The highest BCUT2D eigenvalue weighted by atomic mass is 32.2. The van der Waals surface area contributed by atoms with Crippen molar-refractivity contribution in [3.8, 4) is 0 Å². The summed E-state index contributed by atoms with van der Waals surface area (Å²) >= 11 is 1.97. The van der Waals surface area contributed by atoms with E-state index in [0.717, 1.165) is 0 Å². The first-order valence-corrected chi connectivity index (χ1v) is 7.88. The third kappa shape index (κ3) is 5.06. The molecule has 104 valence electrons. The fourth-order valence-corrected chi connectivity index (χ4v) is 2.77. The summed E-state index contributed by atoms with van der Waals surface area (Å²) in [6.07, 6.45) is 0. The molecule has 0 radical (unpaired) electrons. The van der Waals surface area contributed by atoms with E-state index in [0.29, 0.717) is 5.25 Å². The lowest BCUT2D eigenvalue weighted by Gasteiger charge is -2.22. The first-order valence-electron chi connectivity index (χ1n) is 7.00. The summed E-state index contributed by atoms with van der Waals surface area (Å²) in [7, 11) is 0. The van der Waals surface area contributed by atoms with Crippen molar-refractivity contribution in [1.29, 1.82) is 0 Å². The summed E-state index contributed by atoms with van der Waals surface area (Å²) in [6.45, 7) is 19.8. The van der Waals surface area contributed by atoms with Crippen molar-refractivity contribution in [3.05, 3.63) is 28.8 Å². The summed E-state index contributed by atoms with van der Waals surface area (Å²) in [5, 5.41) is 0.651. The van der Waals surface area contributed by atoms with E-state index >= 15 is 0 Å². The Bertz CT molecular complexity index is 347. The number of hydrogen-bond donors (Lipinski definition) is 0. The maximum atomic E-state index is 2.34. The fourth-order valence-electron chi connectivity index (χ4n) is 1.80. The Hall–Kier alpha value is -0.430. The van der Waals surface area contributed by atoms with Gasteiger partial charge in [-0.2, -0.15) is 0 Å². The van der Waals surface area contributed by atoms with E-state index in [-0.39, 0.29) is 5.41 Å². The monoisotopic (exact) mass is 266 g/mol. The standard InChI is InChI=1S/C15H24S.C2H6/c1-10(2)16-14-11(3)8-13(9-12(14)4)15(5,6)7;1-2/h8-10H,1-7H3;1-2H3. The van der Waals surface area contributed by atoms with E-state index in [9.17, 15) is 0 Å². The zero-order valence-corrected chi connectivity index (χ0v) is 14.5. The molecule has 1 aromatic carbocycles. The molecule has 0 fully saturated rings. The Morgan fingerprint density at radius 2 is 1.33 bits per heavy atom. The lowest BCUT2D eigenvalue weighted by Crippen LogP contribution is -2.12. The van der Waals surface area contributed by atoms with Crippen molar-refractivity contribution in [3.63, 3.8) is 0 Å².